The number of carbonyl (C=O) groups excluding carboxylic acids is 1. The van der Waals surface area contributed by atoms with Gasteiger partial charge in [-0.05, 0) is 36.8 Å². The zero-order chi connectivity index (χ0) is 24.1. The first-order chi connectivity index (χ1) is 16.4. The predicted molar refractivity (Wildman–Crippen MR) is 132 cm³/mol. The number of hydroxylamine groups is 1. The summed E-state index contributed by atoms with van der Waals surface area (Å²) in [5.41, 5.74) is 4.76. The van der Waals surface area contributed by atoms with Crippen molar-refractivity contribution in [2.75, 3.05) is 44.2 Å². The van der Waals surface area contributed by atoms with Crippen molar-refractivity contribution < 1.29 is 14.7 Å². The van der Waals surface area contributed by atoms with Gasteiger partial charge in [0.15, 0.2) is 5.13 Å². The van der Waals surface area contributed by atoms with Gasteiger partial charge in [0.05, 0.1) is 24.3 Å². The fourth-order valence-corrected chi connectivity index (χ4v) is 5.07. The van der Waals surface area contributed by atoms with E-state index in [1.54, 1.807) is 11.3 Å². The van der Waals surface area contributed by atoms with Crippen molar-refractivity contribution in [2.24, 2.45) is 5.92 Å². The third kappa shape index (κ3) is 5.94. The zero-order valence-corrected chi connectivity index (χ0v) is 20.7. The van der Waals surface area contributed by atoms with Gasteiger partial charge >= 0.3 is 5.97 Å². The number of piperazine rings is 1. The molecule has 2 N–H and O–H groups in total. The number of carbonyl (C=O) groups is 1. The molecule has 1 saturated heterocycles. The number of aromatic nitrogens is 1. The van der Waals surface area contributed by atoms with Gasteiger partial charge in [-0.25, -0.2) is 9.78 Å². The van der Waals surface area contributed by atoms with E-state index in [1.165, 1.54) is 0 Å². The second kappa shape index (κ2) is 10.8. The lowest BCUT2D eigenvalue weighted by Gasteiger charge is -2.34. The van der Waals surface area contributed by atoms with Crippen LogP contribution in [0.25, 0.3) is 11.3 Å². The first kappa shape index (κ1) is 24.6. The average Bonchev–Trinajstić information content (AvgIpc) is 3.47. The molecule has 1 saturated carbocycles. The number of hydrogen-bond donors (Lipinski definition) is 2. The van der Waals surface area contributed by atoms with Gasteiger partial charge in [0.2, 0.25) is 0 Å². The standard InChI is InChI=1S/C25H33N5O3S/c1-18(2)14-21(23(32)33-28-25(17-26)6-7-25)19-4-3-5-20(15-19)22-16-34-24(27-22)30-10-8-29(9-11-30)12-13-31/h3-5,15-16,18,21,28,31H,6-14H2,1-2H3. The van der Waals surface area contributed by atoms with Crippen molar-refractivity contribution >= 4 is 22.4 Å². The van der Waals surface area contributed by atoms with Crippen LogP contribution in [0.2, 0.25) is 0 Å². The van der Waals surface area contributed by atoms with E-state index in [-0.39, 0.29) is 12.6 Å². The lowest BCUT2D eigenvalue weighted by Crippen LogP contribution is -2.47. The van der Waals surface area contributed by atoms with Gasteiger partial charge in [-0.2, -0.15) is 5.26 Å². The smallest absolute Gasteiger partial charge is 0.332 e. The fraction of sp³-hybridized carbons (Fsp3) is 0.560. The SMILES string of the molecule is CC(C)CC(C(=O)ONC1(C#N)CC1)c1cccc(-c2csc(N3CCN(CCO)CC3)n2)c1. The summed E-state index contributed by atoms with van der Waals surface area (Å²) in [4.78, 5) is 27.8. The molecule has 1 unspecified atom stereocenters. The summed E-state index contributed by atoms with van der Waals surface area (Å²) in [5, 5.41) is 21.4. The normalized spacial score (nSPS) is 18.5. The number of nitrogens with zero attached hydrogens (tertiary/aromatic N) is 4. The minimum absolute atomic E-state index is 0.193. The van der Waals surface area contributed by atoms with Crippen LogP contribution in [0.15, 0.2) is 29.6 Å². The van der Waals surface area contributed by atoms with E-state index in [2.05, 4.69) is 40.6 Å². The number of β-amino-alcohol motifs (C(OH)–C–C–N with tert-alkyl or cyclic N) is 1. The molecule has 8 nitrogen and oxygen atoms in total. The first-order valence-electron chi connectivity index (χ1n) is 12.0. The summed E-state index contributed by atoms with van der Waals surface area (Å²) < 4.78 is 0. The monoisotopic (exact) mass is 483 g/mol. The molecule has 2 aliphatic rings. The number of benzene rings is 1. The highest BCUT2D eigenvalue weighted by Gasteiger charge is 2.45. The Hall–Kier alpha value is -2.51. The van der Waals surface area contributed by atoms with E-state index in [9.17, 15) is 10.1 Å². The Morgan fingerprint density at radius 1 is 1.32 bits per heavy atom. The van der Waals surface area contributed by atoms with Crippen LogP contribution in [0.4, 0.5) is 5.13 Å². The Morgan fingerprint density at radius 2 is 2.09 bits per heavy atom. The molecule has 0 bridgehead atoms. The molecular formula is C25H33N5O3S. The molecule has 1 aliphatic carbocycles. The van der Waals surface area contributed by atoms with Crippen LogP contribution >= 0.6 is 11.3 Å². The Balaban J connectivity index is 1.46. The van der Waals surface area contributed by atoms with Crippen molar-refractivity contribution in [3.05, 3.63) is 35.2 Å². The largest absolute Gasteiger partial charge is 0.395 e. The van der Waals surface area contributed by atoms with E-state index in [4.69, 9.17) is 14.9 Å². The lowest BCUT2D eigenvalue weighted by atomic mass is 9.89. The van der Waals surface area contributed by atoms with E-state index >= 15 is 0 Å². The number of hydrogen-bond acceptors (Lipinski definition) is 9. The minimum atomic E-state index is -0.708. The molecule has 2 aromatic rings. The molecule has 9 heteroatoms. The molecule has 1 atom stereocenters. The molecule has 0 radical (unpaired) electrons. The summed E-state index contributed by atoms with van der Waals surface area (Å²) in [5.74, 6) is -0.464. The molecule has 2 heterocycles. The summed E-state index contributed by atoms with van der Waals surface area (Å²) in [6.07, 6.45) is 2.05. The number of rotatable bonds is 10. The van der Waals surface area contributed by atoms with Crippen molar-refractivity contribution in [2.45, 2.75) is 44.6 Å². The lowest BCUT2D eigenvalue weighted by molar-refractivity contribution is -0.155. The average molecular weight is 484 g/mol. The molecule has 4 rings (SSSR count). The molecule has 1 aromatic carbocycles. The first-order valence-corrected chi connectivity index (χ1v) is 12.8. The van der Waals surface area contributed by atoms with E-state index in [0.29, 0.717) is 25.2 Å². The van der Waals surface area contributed by atoms with Gasteiger partial charge in [-0.15, -0.1) is 16.8 Å². The van der Waals surface area contributed by atoms with Crippen LogP contribution in [0, 0.1) is 17.2 Å². The van der Waals surface area contributed by atoms with Gasteiger partial charge in [-0.1, -0.05) is 32.0 Å². The van der Waals surface area contributed by atoms with Crippen LogP contribution in [0.5, 0.6) is 0 Å². The Morgan fingerprint density at radius 3 is 2.74 bits per heavy atom. The van der Waals surface area contributed by atoms with Gasteiger partial charge in [0.1, 0.15) is 5.54 Å². The van der Waals surface area contributed by atoms with Crippen LogP contribution in [0.3, 0.4) is 0 Å². The maximum Gasteiger partial charge on any atom is 0.332 e. The maximum absolute atomic E-state index is 13.0. The second-order valence-electron chi connectivity index (χ2n) is 9.59. The van der Waals surface area contributed by atoms with Gasteiger partial charge in [0.25, 0.3) is 0 Å². The second-order valence-corrected chi connectivity index (χ2v) is 10.4. The third-order valence-electron chi connectivity index (χ3n) is 6.44. The van der Waals surface area contributed by atoms with Crippen molar-refractivity contribution in [1.82, 2.24) is 15.4 Å². The summed E-state index contributed by atoms with van der Waals surface area (Å²) in [6, 6.07) is 10.2. The van der Waals surface area contributed by atoms with Crippen molar-refractivity contribution in [3.63, 3.8) is 0 Å². The number of anilines is 1. The molecular weight excluding hydrogens is 450 g/mol. The number of aliphatic hydroxyl groups is 1. The van der Waals surface area contributed by atoms with Crippen LogP contribution < -0.4 is 10.4 Å². The third-order valence-corrected chi connectivity index (χ3v) is 7.34. The number of nitrogens with one attached hydrogen (secondary N) is 1. The Kier molecular flexibility index (Phi) is 7.84. The van der Waals surface area contributed by atoms with Crippen LogP contribution in [0.1, 0.15) is 44.6 Å². The van der Waals surface area contributed by atoms with Gasteiger partial charge in [-0.3, -0.25) is 4.90 Å². The van der Waals surface area contributed by atoms with Crippen molar-refractivity contribution in [3.8, 4) is 17.3 Å². The fourth-order valence-electron chi connectivity index (χ4n) is 4.18. The quantitative estimate of drug-likeness (QED) is 0.497. The molecule has 1 aliphatic heterocycles. The van der Waals surface area contributed by atoms with Crippen molar-refractivity contribution in [1.29, 1.82) is 5.26 Å². The maximum atomic E-state index is 13.0. The summed E-state index contributed by atoms with van der Waals surface area (Å²) >= 11 is 1.63. The van der Waals surface area contributed by atoms with E-state index < -0.39 is 11.5 Å². The van der Waals surface area contributed by atoms with Gasteiger partial charge < -0.3 is 14.8 Å². The Labute approximate surface area is 205 Å². The topological polar surface area (TPSA) is 102 Å². The molecule has 0 amide bonds. The molecule has 182 valence electrons. The number of nitriles is 1. The highest BCUT2D eigenvalue weighted by atomic mass is 32.1. The number of thiazole rings is 1. The molecule has 2 fully saturated rings. The zero-order valence-electron chi connectivity index (χ0n) is 19.9. The highest BCUT2D eigenvalue weighted by Crippen LogP contribution is 2.35. The molecule has 34 heavy (non-hydrogen) atoms. The summed E-state index contributed by atoms with van der Waals surface area (Å²) in [6.45, 7) is 8.72. The molecule has 1 aromatic heterocycles. The highest BCUT2D eigenvalue weighted by molar-refractivity contribution is 7.14. The minimum Gasteiger partial charge on any atom is -0.395 e. The number of aliphatic hydroxyl groups excluding tert-OH is 1. The van der Waals surface area contributed by atoms with Crippen LogP contribution in [-0.4, -0.2) is 65.8 Å². The van der Waals surface area contributed by atoms with Crippen LogP contribution in [-0.2, 0) is 9.63 Å². The van der Waals surface area contributed by atoms with E-state index in [0.717, 1.165) is 54.7 Å². The summed E-state index contributed by atoms with van der Waals surface area (Å²) in [7, 11) is 0. The molecule has 0 spiro atoms. The van der Waals surface area contributed by atoms with E-state index in [1.807, 2.05) is 24.3 Å². The Bertz CT molecular complexity index is 1020. The predicted octanol–water partition coefficient (Wildman–Crippen LogP) is 3.16. The van der Waals surface area contributed by atoms with Gasteiger partial charge in [0, 0.05) is 43.7 Å².